The third-order valence-electron chi connectivity index (χ3n) is 2.98. The van der Waals surface area contributed by atoms with Gasteiger partial charge in [0.1, 0.15) is 0 Å². The molecule has 0 radical (unpaired) electrons. The van der Waals surface area contributed by atoms with E-state index in [0.29, 0.717) is 19.1 Å². The quantitative estimate of drug-likeness (QED) is 0.697. The van der Waals surface area contributed by atoms with Crippen molar-refractivity contribution in [2.24, 2.45) is 0 Å². The van der Waals surface area contributed by atoms with Gasteiger partial charge in [0.15, 0.2) is 0 Å². The van der Waals surface area contributed by atoms with Gasteiger partial charge in [-0.25, -0.2) is 0 Å². The van der Waals surface area contributed by atoms with E-state index in [9.17, 15) is 5.11 Å². The van der Waals surface area contributed by atoms with Crippen molar-refractivity contribution in [3.8, 4) is 0 Å². The van der Waals surface area contributed by atoms with Gasteiger partial charge in [-0.05, 0) is 19.8 Å². The van der Waals surface area contributed by atoms with Crippen molar-refractivity contribution in [2.75, 3.05) is 19.7 Å². The molecule has 0 amide bonds. The van der Waals surface area contributed by atoms with E-state index in [1.54, 1.807) is 0 Å². The van der Waals surface area contributed by atoms with Crippen LogP contribution >= 0.6 is 0 Å². The van der Waals surface area contributed by atoms with Gasteiger partial charge in [0, 0.05) is 19.1 Å². The molecule has 0 aromatic heterocycles. The number of aliphatic hydroxyl groups excluding tert-OH is 2. The zero-order valence-corrected chi connectivity index (χ0v) is 9.15. The topological polar surface area (TPSA) is 43.7 Å². The number of hydrogen-bond donors (Lipinski definition) is 2. The molecule has 1 rings (SSSR count). The molecule has 0 spiro atoms. The van der Waals surface area contributed by atoms with Crippen molar-refractivity contribution >= 4 is 0 Å². The van der Waals surface area contributed by atoms with Gasteiger partial charge < -0.3 is 10.2 Å². The van der Waals surface area contributed by atoms with Crippen molar-refractivity contribution in [3.05, 3.63) is 0 Å². The maximum atomic E-state index is 9.36. The summed E-state index contributed by atoms with van der Waals surface area (Å²) in [6.07, 6.45) is 6.11. The van der Waals surface area contributed by atoms with Crippen LogP contribution in [0.3, 0.4) is 0 Å². The average Bonchev–Trinajstić information content (AvgIpc) is 2.18. The third kappa shape index (κ3) is 3.95. The molecule has 1 aliphatic carbocycles. The van der Waals surface area contributed by atoms with Crippen LogP contribution in [-0.4, -0.2) is 47.0 Å². The fourth-order valence-corrected chi connectivity index (χ4v) is 2.34. The van der Waals surface area contributed by atoms with Gasteiger partial charge in [0.2, 0.25) is 0 Å². The van der Waals surface area contributed by atoms with E-state index in [1.807, 2.05) is 6.92 Å². The molecule has 14 heavy (non-hydrogen) atoms. The lowest BCUT2D eigenvalue weighted by atomic mass is 9.94. The van der Waals surface area contributed by atoms with Gasteiger partial charge >= 0.3 is 0 Å². The summed E-state index contributed by atoms with van der Waals surface area (Å²) in [7, 11) is 0. The van der Waals surface area contributed by atoms with Crippen LogP contribution in [0.1, 0.15) is 39.0 Å². The van der Waals surface area contributed by atoms with Crippen LogP contribution in [-0.2, 0) is 0 Å². The molecule has 1 atom stereocenters. The lowest BCUT2D eigenvalue weighted by Crippen LogP contribution is -2.42. The van der Waals surface area contributed by atoms with Crippen LogP contribution in [0.5, 0.6) is 0 Å². The Labute approximate surface area is 86.7 Å². The van der Waals surface area contributed by atoms with Crippen molar-refractivity contribution < 1.29 is 10.2 Å². The summed E-state index contributed by atoms with van der Waals surface area (Å²) in [4.78, 5) is 2.24. The minimum atomic E-state index is -0.288. The highest BCUT2D eigenvalue weighted by molar-refractivity contribution is 4.76. The minimum absolute atomic E-state index is 0.198. The molecule has 0 aromatic carbocycles. The fraction of sp³-hybridized carbons (Fsp3) is 1.00. The van der Waals surface area contributed by atoms with Crippen LogP contribution < -0.4 is 0 Å². The smallest absolute Gasteiger partial charge is 0.0639 e. The molecule has 1 fully saturated rings. The van der Waals surface area contributed by atoms with Crippen LogP contribution in [0.4, 0.5) is 0 Å². The molecule has 1 saturated carbocycles. The monoisotopic (exact) mass is 201 g/mol. The molecular formula is C11H23NO2. The maximum Gasteiger partial charge on any atom is 0.0639 e. The summed E-state index contributed by atoms with van der Waals surface area (Å²) in [5, 5.41) is 18.3. The highest BCUT2D eigenvalue weighted by atomic mass is 16.3. The summed E-state index contributed by atoms with van der Waals surface area (Å²) in [5.41, 5.74) is 0. The first-order chi connectivity index (χ1) is 6.74. The molecular weight excluding hydrogens is 178 g/mol. The normalized spacial score (nSPS) is 21.4. The Kier molecular flexibility index (Phi) is 5.45. The zero-order chi connectivity index (χ0) is 10.4. The molecule has 0 aliphatic heterocycles. The van der Waals surface area contributed by atoms with Crippen LogP contribution in [0.25, 0.3) is 0 Å². The average molecular weight is 201 g/mol. The standard InChI is InChI=1S/C11H23NO2/c1-10(14)9-12(7-8-13)11-5-3-2-4-6-11/h10-11,13-14H,2-9H2,1H3/t10-/m0/s1. The lowest BCUT2D eigenvalue weighted by molar-refractivity contribution is 0.0683. The van der Waals surface area contributed by atoms with E-state index >= 15 is 0 Å². The number of rotatable bonds is 5. The Morgan fingerprint density at radius 3 is 2.43 bits per heavy atom. The molecule has 0 aromatic rings. The third-order valence-corrected chi connectivity index (χ3v) is 2.98. The first-order valence-corrected chi connectivity index (χ1v) is 5.77. The zero-order valence-electron chi connectivity index (χ0n) is 9.15. The Morgan fingerprint density at radius 2 is 1.93 bits per heavy atom. The van der Waals surface area contributed by atoms with E-state index in [4.69, 9.17) is 5.11 Å². The summed E-state index contributed by atoms with van der Waals surface area (Å²) in [6, 6.07) is 0.588. The summed E-state index contributed by atoms with van der Waals surface area (Å²) < 4.78 is 0. The fourth-order valence-electron chi connectivity index (χ4n) is 2.34. The summed E-state index contributed by atoms with van der Waals surface area (Å²) in [6.45, 7) is 3.41. The first-order valence-electron chi connectivity index (χ1n) is 5.77. The Balaban J connectivity index is 2.38. The minimum Gasteiger partial charge on any atom is -0.395 e. The molecule has 3 nitrogen and oxygen atoms in total. The van der Waals surface area contributed by atoms with E-state index in [2.05, 4.69) is 4.90 Å². The van der Waals surface area contributed by atoms with Gasteiger partial charge in [-0.2, -0.15) is 0 Å². The Hall–Kier alpha value is -0.120. The van der Waals surface area contributed by atoms with Crippen molar-refractivity contribution in [1.29, 1.82) is 0 Å². The second kappa shape index (κ2) is 6.38. The van der Waals surface area contributed by atoms with Crippen molar-refractivity contribution in [2.45, 2.75) is 51.2 Å². The van der Waals surface area contributed by atoms with Crippen molar-refractivity contribution in [1.82, 2.24) is 4.90 Å². The SMILES string of the molecule is C[C@H](O)CN(CCO)C1CCCCC1. The van der Waals surface area contributed by atoms with Gasteiger partial charge in [-0.1, -0.05) is 19.3 Å². The molecule has 0 bridgehead atoms. The molecule has 2 N–H and O–H groups in total. The predicted octanol–water partition coefficient (Wildman–Crippen LogP) is 0.994. The van der Waals surface area contributed by atoms with Crippen molar-refractivity contribution in [3.63, 3.8) is 0 Å². The number of nitrogens with zero attached hydrogens (tertiary/aromatic N) is 1. The Morgan fingerprint density at radius 1 is 1.29 bits per heavy atom. The predicted molar refractivity (Wildman–Crippen MR) is 57.2 cm³/mol. The highest BCUT2D eigenvalue weighted by Crippen LogP contribution is 2.22. The molecule has 84 valence electrons. The lowest BCUT2D eigenvalue weighted by Gasteiger charge is -2.34. The molecule has 0 unspecified atom stereocenters. The van der Waals surface area contributed by atoms with Gasteiger partial charge in [-0.15, -0.1) is 0 Å². The summed E-state index contributed by atoms with van der Waals surface area (Å²) in [5.74, 6) is 0. The van der Waals surface area contributed by atoms with E-state index in [-0.39, 0.29) is 12.7 Å². The van der Waals surface area contributed by atoms with Crippen LogP contribution in [0.15, 0.2) is 0 Å². The summed E-state index contributed by atoms with van der Waals surface area (Å²) >= 11 is 0. The maximum absolute atomic E-state index is 9.36. The largest absolute Gasteiger partial charge is 0.395 e. The molecule has 1 aliphatic rings. The second-order valence-electron chi connectivity index (χ2n) is 4.36. The molecule has 0 saturated heterocycles. The van der Waals surface area contributed by atoms with E-state index in [0.717, 1.165) is 0 Å². The number of aliphatic hydroxyl groups is 2. The molecule has 0 heterocycles. The van der Waals surface area contributed by atoms with Crippen LogP contribution in [0, 0.1) is 0 Å². The molecule has 3 heteroatoms. The van der Waals surface area contributed by atoms with Crippen LogP contribution in [0.2, 0.25) is 0 Å². The number of hydrogen-bond acceptors (Lipinski definition) is 3. The second-order valence-corrected chi connectivity index (χ2v) is 4.36. The highest BCUT2D eigenvalue weighted by Gasteiger charge is 2.21. The first kappa shape index (κ1) is 12.0. The van der Waals surface area contributed by atoms with Gasteiger partial charge in [-0.3, -0.25) is 4.90 Å². The van der Waals surface area contributed by atoms with Gasteiger partial charge in [0.25, 0.3) is 0 Å². The van der Waals surface area contributed by atoms with E-state index in [1.165, 1.54) is 32.1 Å². The van der Waals surface area contributed by atoms with Gasteiger partial charge in [0.05, 0.1) is 12.7 Å². The van der Waals surface area contributed by atoms with E-state index < -0.39 is 0 Å². The Bertz CT molecular complexity index is 144.